The number of methoxy groups -OCH3 is 1. The Morgan fingerprint density at radius 1 is 1.14 bits per heavy atom. The summed E-state index contributed by atoms with van der Waals surface area (Å²) in [7, 11) is 1.53. The van der Waals surface area contributed by atoms with E-state index in [9.17, 15) is 20.4 Å². The predicted octanol–water partition coefficient (Wildman–Crippen LogP) is -1.60. The van der Waals surface area contributed by atoms with E-state index < -0.39 is 36.8 Å². The van der Waals surface area contributed by atoms with E-state index in [1.807, 2.05) is 0 Å². The highest BCUT2D eigenvalue weighted by Crippen LogP contribution is 2.31. The largest absolute Gasteiger partial charge is 0.497 e. The van der Waals surface area contributed by atoms with Crippen molar-refractivity contribution >= 4 is 0 Å². The average molecular weight is 300 g/mol. The highest BCUT2D eigenvalue weighted by atomic mass is 16.7. The number of benzene rings is 1. The van der Waals surface area contributed by atoms with Gasteiger partial charge in [0, 0.05) is 6.42 Å². The maximum absolute atomic E-state index is 10.4. The van der Waals surface area contributed by atoms with Crippen molar-refractivity contribution in [2.75, 3.05) is 13.7 Å². The molecule has 1 fully saturated rings. The molecule has 0 radical (unpaired) electrons. The van der Waals surface area contributed by atoms with Gasteiger partial charge in [0.2, 0.25) is 0 Å². The molecule has 118 valence electrons. The molecule has 1 aromatic carbocycles. The van der Waals surface area contributed by atoms with Crippen LogP contribution >= 0.6 is 0 Å². The van der Waals surface area contributed by atoms with Gasteiger partial charge in [0.05, 0.1) is 13.7 Å². The normalized spacial score (nSPS) is 36.5. The highest BCUT2D eigenvalue weighted by molar-refractivity contribution is 5.28. The Hall–Kier alpha value is -1.22. The molecule has 21 heavy (non-hydrogen) atoms. The summed E-state index contributed by atoms with van der Waals surface area (Å²) in [5.74, 6) is -1.46. The van der Waals surface area contributed by atoms with Crippen LogP contribution in [0.5, 0.6) is 5.75 Å². The van der Waals surface area contributed by atoms with Crippen molar-refractivity contribution in [3.8, 4) is 5.75 Å². The molecule has 5 atom stereocenters. The molecule has 7 heteroatoms. The number of hydrogen-bond acceptors (Lipinski definition) is 7. The summed E-state index contributed by atoms with van der Waals surface area (Å²) in [6.45, 7) is -0.587. The molecule has 0 aliphatic carbocycles. The summed E-state index contributed by atoms with van der Waals surface area (Å²) >= 11 is 0. The van der Waals surface area contributed by atoms with Crippen molar-refractivity contribution in [3.63, 3.8) is 0 Å². The second-order valence-corrected chi connectivity index (χ2v) is 5.13. The van der Waals surface area contributed by atoms with Crippen LogP contribution in [0.2, 0.25) is 0 Å². The van der Waals surface area contributed by atoms with Crippen LogP contribution in [0.1, 0.15) is 5.56 Å². The predicted molar refractivity (Wildman–Crippen MR) is 71.6 cm³/mol. The van der Waals surface area contributed by atoms with Crippen molar-refractivity contribution in [2.45, 2.75) is 36.6 Å². The number of aliphatic hydroxyl groups excluding tert-OH is 4. The number of rotatable bonds is 4. The number of ether oxygens (including phenoxy) is 2. The molecular formula is C14H20O7. The lowest BCUT2D eigenvalue weighted by Gasteiger charge is -2.45. The molecule has 1 aromatic rings. The minimum absolute atomic E-state index is 0.113. The van der Waals surface area contributed by atoms with Crippen LogP contribution in [0.3, 0.4) is 0 Å². The Kier molecular flexibility index (Phi) is 4.82. The highest BCUT2D eigenvalue weighted by Gasteiger charge is 2.52. The molecule has 2 rings (SSSR count). The van der Waals surface area contributed by atoms with E-state index in [-0.39, 0.29) is 6.42 Å². The average Bonchev–Trinajstić information content (AvgIpc) is 2.50. The fourth-order valence-corrected chi connectivity index (χ4v) is 2.40. The third-order valence-electron chi connectivity index (χ3n) is 3.67. The third kappa shape index (κ3) is 3.18. The molecule has 7 nitrogen and oxygen atoms in total. The summed E-state index contributed by atoms with van der Waals surface area (Å²) in [6.07, 6.45) is -6.07. The standard InChI is InChI=1S/C14H20O7/c1-20-9-4-2-8(3-5-9)6-14(19)13(18)12(17)11(16)10(7-15)21-14/h2-5,10-13,15-19H,6-7H2,1H3/t10-,11+,12+,13-,14?/m1/s1. The summed E-state index contributed by atoms with van der Waals surface area (Å²) in [4.78, 5) is 0. The molecule has 0 bridgehead atoms. The van der Waals surface area contributed by atoms with Crippen LogP contribution in [-0.4, -0.2) is 69.5 Å². The van der Waals surface area contributed by atoms with E-state index in [2.05, 4.69) is 0 Å². The quantitative estimate of drug-likeness (QED) is 0.454. The summed E-state index contributed by atoms with van der Waals surface area (Å²) in [5, 5.41) is 48.9. The van der Waals surface area contributed by atoms with Crippen molar-refractivity contribution in [2.24, 2.45) is 0 Å². The summed E-state index contributed by atoms with van der Waals surface area (Å²) < 4.78 is 10.2. The van der Waals surface area contributed by atoms with Gasteiger partial charge in [-0.15, -0.1) is 0 Å². The Balaban J connectivity index is 2.18. The first kappa shape index (κ1) is 16.2. The van der Waals surface area contributed by atoms with Gasteiger partial charge in [0.1, 0.15) is 30.2 Å². The first-order valence-corrected chi connectivity index (χ1v) is 6.59. The lowest BCUT2D eigenvalue weighted by molar-refractivity contribution is -0.348. The minimum Gasteiger partial charge on any atom is -0.497 e. The lowest BCUT2D eigenvalue weighted by Crippen LogP contribution is -2.65. The molecule has 0 aromatic heterocycles. The zero-order valence-corrected chi connectivity index (χ0v) is 11.6. The van der Waals surface area contributed by atoms with Gasteiger partial charge in [0.25, 0.3) is 0 Å². The lowest BCUT2D eigenvalue weighted by atomic mass is 9.89. The van der Waals surface area contributed by atoms with Crippen molar-refractivity contribution in [3.05, 3.63) is 29.8 Å². The van der Waals surface area contributed by atoms with Crippen molar-refractivity contribution in [1.82, 2.24) is 0 Å². The Morgan fingerprint density at radius 3 is 2.29 bits per heavy atom. The van der Waals surface area contributed by atoms with Gasteiger partial charge in [0.15, 0.2) is 5.79 Å². The van der Waals surface area contributed by atoms with E-state index in [1.54, 1.807) is 24.3 Å². The molecular weight excluding hydrogens is 280 g/mol. The zero-order valence-electron chi connectivity index (χ0n) is 11.6. The zero-order chi connectivity index (χ0) is 15.6. The molecule has 0 saturated carbocycles. The van der Waals surface area contributed by atoms with Crippen LogP contribution in [0, 0.1) is 0 Å². The Bertz CT molecular complexity index is 461. The third-order valence-corrected chi connectivity index (χ3v) is 3.67. The van der Waals surface area contributed by atoms with Gasteiger partial charge < -0.3 is 35.0 Å². The first-order chi connectivity index (χ1) is 9.91. The van der Waals surface area contributed by atoms with Crippen LogP contribution in [0.15, 0.2) is 24.3 Å². The maximum Gasteiger partial charge on any atom is 0.199 e. The van der Waals surface area contributed by atoms with Gasteiger partial charge in [-0.2, -0.15) is 0 Å². The molecule has 1 aliphatic heterocycles. The van der Waals surface area contributed by atoms with Gasteiger partial charge in [-0.1, -0.05) is 12.1 Å². The van der Waals surface area contributed by atoms with E-state index in [0.717, 1.165) is 0 Å². The smallest absolute Gasteiger partial charge is 0.199 e. The second-order valence-electron chi connectivity index (χ2n) is 5.13. The molecule has 1 heterocycles. The van der Waals surface area contributed by atoms with Crippen molar-refractivity contribution in [1.29, 1.82) is 0 Å². The molecule has 5 N–H and O–H groups in total. The van der Waals surface area contributed by atoms with E-state index in [0.29, 0.717) is 11.3 Å². The topological polar surface area (TPSA) is 120 Å². The van der Waals surface area contributed by atoms with E-state index >= 15 is 0 Å². The molecule has 0 spiro atoms. The SMILES string of the molecule is COc1ccc(CC2(O)O[C@H](CO)[C@H](O)[C@H](O)[C@H]2O)cc1. The molecule has 1 aliphatic rings. The monoisotopic (exact) mass is 300 g/mol. The fraction of sp³-hybridized carbons (Fsp3) is 0.571. The molecule has 1 unspecified atom stereocenters. The van der Waals surface area contributed by atoms with Gasteiger partial charge in [-0.3, -0.25) is 0 Å². The fourth-order valence-electron chi connectivity index (χ4n) is 2.40. The van der Waals surface area contributed by atoms with Crippen molar-refractivity contribution < 1.29 is 35.0 Å². The second kappa shape index (κ2) is 6.27. The minimum atomic E-state index is -2.10. The van der Waals surface area contributed by atoms with Crippen LogP contribution in [0.4, 0.5) is 0 Å². The van der Waals surface area contributed by atoms with E-state index in [4.69, 9.17) is 14.6 Å². The van der Waals surface area contributed by atoms with Gasteiger partial charge >= 0.3 is 0 Å². The number of aliphatic hydroxyl groups is 5. The van der Waals surface area contributed by atoms with Crippen LogP contribution in [-0.2, 0) is 11.2 Å². The van der Waals surface area contributed by atoms with Crippen LogP contribution in [0.25, 0.3) is 0 Å². The molecule has 1 saturated heterocycles. The van der Waals surface area contributed by atoms with Crippen LogP contribution < -0.4 is 4.74 Å². The maximum atomic E-state index is 10.4. The summed E-state index contributed by atoms with van der Waals surface area (Å²) in [5.41, 5.74) is 0.637. The Morgan fingerprint density at radius 2 is 1.76 bits per heavy atom. The van der Waals surface area contributed by atoms with Gasteiger partial charge in [-0.25, -0.2) is 0 Å². The summed E-state index contributed by atoms with van der Waals surface area (Å²) in [6, 6.07) is 6.72. The van der Waals surface area contributed by atoms with Gasteiger partial charge in [-0.05, 0) is 17.7 Å². The molecule has 0 amide bonds. The van der Waals surface area contributed by atoms with E-state index in [1.165, 1.54) is 7.11 Å². The number of hydrogen-bond donors (Lipinski definition) is 5. The first-order valence-electron chi connectivity index (χ1n) is 6.59. The Labute approximate surface area is 122 Å².